The summed E-state index contributed by atoms with van der Waals surface area (Å²) in [6.45, 7) is 5.05. The zero-order chi connectivity index (χ0) is 24.8. The van der Waals surface area contributed by atoms with Crippen molar-refractivity contribution in [1.29, 1.82) is 0 Å². The number of sulfonamides is 1. The average Bonchev–Trinajstić information content (AvgIpc) is 2.88. The fraction of sp³-hybridized carbons (Fsp3) is 0.296. The van der Waals surface area contributed by atoms with Crippen molar-refractivity contribution in [2.45, 2.75) is 18.4 Å². The molecule has 0 spiro atoms. The minimum atomic E-state index is -3.96. The number of hydrogen-bond donors (Lipinski definition) is 0. The van der Waals surface area contributed by atoms with Crippen LogP contribution >= 0.6 is 0 Å². The van der Waals surface area contributed by atoms with Gasteiger partial charge in [-0.05, 0) is 36.8 Å². The van der Waals surface area contributed by atoms with Crippen molar-refractivity contribution in [2.24, 2.45) is 0 Å². The van der Waals surface area contributed by atoms with Gasteiger partial charge in [-0.25, -0.2) is 8.42 Å². The number of piperazine rings is 1. The van der Waals surface area contributed by atoms with Gasteiger partial charge in [0.05, 0.1) is 17.7 Å². The molecular formula is C27H31N3O4S. The number of carbonyl (C=O) groups excluding carboxylic acids is 1. The second-order valence-corrected chi connectivity index (χ2v) is 10.5. The lowest BCUT2D eigenvalue weighted by molar-refractivity contribution is -0.131. The van der Waals surface area contributed by atoms with Gasteiger partial charge in [0.1, 0.15) is 12.3 Å². The summed E-state index contributed by atoms with van der Waals surface area (Å²) in [6.07, 6.45) is 0. The first kappa shape index (κ1) is 24.8. The van der Waals surface area contributed by atoms with Crippen LogP contribution in [0.25, 0.3) is 0 Å². The number of nitrogens with zero attached hydrogens (tertiary/aromatic N) is 3. The third-order valence-electron chi connectivity index (χ3n) is 6.20. The molecule has 3 aromatic carbocycles. The summed E-state index contributed by atoms with van der Waals surface area (Å²) in [7, 11) is -2.44. The van der Waals surface area contributed by atoms with Crippen LogP contribution in [-0.4, -0.2) is 64.0 Å². The first-order chi connectivity index (χ1) is 16.9. The van der Waals surface area contributed by atoms with E-state index in [4.69, 9.17) is 4.74 Å². The van der Waals surface area contributed by atoms with Crippen molar-refractivity contribution < 1.29 is 17.9 Å². The zero-order valence-corrected chi connectivity index (χ0v) is 20.9. The van der Waals surface area contributed by atoms with E-state index in [0.717, 1.165) is 25.2 Å². The summed E-state index contributed by atoms with van der Waals surface area (Å²) in [4.78, 5) is 17.5. The quantitative estimate of drug-likeness (QED) is 0.480. The number of hydrogen-bond acceptors (Lipinski definition) is 5. The normalized spacial score (nSPS) is 14.5. The van der Waals surface area contributed by atoms with E-state index in [1.807, 2.05) is 25.1 Å². The molecule has 0 aliphatic carbocycles. The monoisotopic (exact) mass is 493 g/mol. The number of amides is 1. The number of carbonyl (C=O) groups is 1. The summed E-state index contributed by atoms with van der Waals surface area (Å²) >= 11 is 0. The first-order valence-corrected chi connectivity index (χ1v) is 13.1. The zero-order valence-electron chi connectivity index (χ0n) is 20.1. The van der Waals surface area contributed by atoms with Crippen molar-refractivity contribution in [1.82, 2.24) is 9.80 Å². The molecule has 0 saturated carbocycles. The van der Waals surface area contributed by atoms with Gasteiger partial charge < -0.3 is 9.64 Å². The Bertz CT molecular complexity index is 1240. The van der Waals surface area contributed by atoms with Gasteiger partial charge in [0, 0.05) is 38.8 Å². The molecule has 35 heavy (non-hydrogen) atoms. The summed E-state index contributed by atoms with van der Waals surface area (Å²) in [5.41, 5.74) is 2.59. The Morgan fingerprint density at radius 2 is 1.60 bits per heavy atom. The molecule has 0 atom stereocenters. The Morgan fingerprint density at radius 1 is 0.914 bits per heavy atom. The third kappa shape index (κ3) is 6.01. The molecule has 0 aromatic heterocycles. The molecule has 3 aromatic rings. The van der Waals surface area contributed by atoms with Gasteiger partial charge in [0.15, 0.2) is 0 Å². The van der Waals surface area contributed by atoms with Crippen LogP contribution < -0.4 is 9.04 Å². The van der Waals surface area contributed by atoms with Gasteiger partial charge in [0.2, 0.25) is 5.91 Å². The Kier molecular flexibility index (Phi) is 7.73. The SMILES string of the molecule is COc1cccc(N(CC(=O)N2CCN(Cc3ccccc3)CC2)S(=O)(=O)c2ccc(C)cc2)c1. The standard InChI is InChI=1S/C27H31N3O4S/c1-22-11-13-26(14-12-22)35(32,33)30(24-9-6-10-25(19-24)34-2)21-27(31)29-17-15-28(16-18-29)20-23-7-4-3-5-8-23/h3-14,19H,15-18,20-21H2,1-2H3. The number of benzene rings is 3. The second kappa shape index (κ2) is 10.9. The smallest absolute Gasteiger partial charge is 0.264 e. The van der Waals surface area contributed by atoms with Gasteiger partial charge in [-0.1, -0.05) is 54.1 Å². The van der Waals surface area contributed by atoms with Gasteiger partial charge >= 0.3 is 0 Å². The molecule has 4 rings (SSSR count). The minimum absolute atomic E-state index is 0.145. The van der Waals surface area contributed by atoms with Crippen LogP contribution in [0.1, 0.15) is 11.1 Å². The molecule has 1 fully saturated rings. The molecule has 1 aliphatic heterocycles. The largest absolute Gasteiger partial charge is 0.497 e. The van der Waals surface area contributed by atoms with Crippen LogP contribution in [0.3, 0.4) is 0 Å². The topological polar surface area (TPSA) is 70.2 Å². The Morgan fingerprint density at radius 3 is 2.26 bits per heavy atom. The Labute approximate surface area is 207 Å². The average molecular weight is 494 g/mol. The number of aryl methyl sites for hydroxylation is 1. The van der Waals surface area contributed by atoms with Gasteiger partial charge in [-0.15, -0.1) is 0 Å². The van der Waals surface area contributed by atoms with E-state index in [-0.39, 0.29) is 17.3 Å². The van der Waals surface area contributed by atoms with Crippen LogP contribution in [0, 0.1) is 6.92 Å². The Balaban J connectivity index is 1.51. The fourth-order valence-corrected chi connectivity index (χ4v) is 5.54. The molecule has 0 bridgehead atoms. The van der Waals surface area contributed by atoms with Crippen molar-refractivity contribution in [3.63, 3.8) is 0 Å². The molecule has 1 saturated heterocycles. The van der Waals surface area contributed by atoms with E-state index in [9.17, 15) is 13.2 Å². The number of methoxy groups -OCH3 is 1. The molecule has 1 heterocycles. The molecule has 1 amide bonds. The van der Waals surface area contributed by atoms with Crippen LogP contribution in [0.2, 0.25) is 0 Å². The molecule has 0 N–H and O–H groups in total. The maximum Gasteiger partial charge on any atom is 0.264 e. The highest BCUT2D eigenvalue weighted by atomic mass is 32.2. The first-order valence-electron chi connectivity index (χ1n) is 11.6. The van der Waals surface area contributed by atoms with E-state index in [2.05, 4.69) is 17.0 Å². The van der Waals surface area contributed by atoms with E-state index in [1.54, 1.807) is 53.4 Å². The van der Waals surface area contributed by atoms with E-state index in [0.29, 0.717) is 24.5 Å². The highest BCUT2D eigenvalue weighted by molar-refractivity contribution is 7.92. The lowest BCUT2D eigenvalue weighted by atomic mass is 10.2. The lowest BCUT2D eigenvalue weighted by Gasteiger charge is -2.36. The van der Waals surface area contributed by atoms with E-state index < -0.39 is 10.0 Å². The minimum Gasteiger partial charge on any atom is -0.497 e. The van der Waals surface area contributed by atoms with Crippen molar-refractivity contribution in [3.8, 4) is 5.75 Å². The Hall–Kier alpha value is -3.36. The van der Waals surface area contributed by atoms with Crippen molar-refractivity contribution in [2.75, 3.05) is 44.1 Å². The fourth-order valence-electron chi connectivity index (χ4n) is 4.14. The maximum atomic E-state index is 13.6. The molecule has 0 unspecified atom stereocenters. The number of rotatable bonds is 8. The van der Waals surface area contributed by atoms with E-state index in [1.165, 1.54) is 17.0 Å². The maximum absolute atomic E-state index is 13.6. The lowest BCUT2D eigenvalue weighted by Crippen LogP contribution is -2.51. The third-order valence-corrected chi connectivity index (χ3v) is 7.99. The summed E-state index contributed by atoms with van der Waals surface area (Å²) in [5, 5.41) is 0. The van der Waals surface area contributed by atoms with E-state index >= 15 is 0 Å². The van der Waals surface area contributed by atoms with Gasteiger partial charge in [0.25, 0.3) is 10.0 Å². The predicted molar refractivity (Wildman–Crippen MR) is 137 cm³/mol. The second-order valence-electron chi connectivity index (χ2n) is 8.67. The summed E-state index contributed by atoms with van der Waals surface area (Å²) in [6, 6.07) is 23.7. The number of ether oxygens (including phenoxy) is 1. The molecule has 0 radical (unpaired) electrons. The molecule has 184 valence electrons. The molecule has 7 nitrogen and oxygen atoms in total. The van der Waals surface area contributed by atoms with Crippen molar-refractivity contribution in [3.05, 3.63) is 90.0 Å². The van der Waals surface area contributed by atoms with Crippen LogP contribution in [0.4, 0.5) is 5.69 Å². The highest BCUT2D eigenvalue weighted by Crippen LogP contribution is 2.27. The van der Waals surface area contributed by atoms with Gasteiger partial charge in [-0.2, -0.15) is 0 Å². The van der Waals surface area contributed by atoms with Gasteiger partial charge in [-0.3, -0.25) is 14.0 Å². The molecular weight excluding hydrogens is 462 g/mol. The highest BCUT2D eigenvalue weighted by Gasteiger charge is 2.30. The molecule has 8 heteroatoms. The van der Waals surface area contributed by atoms with Crippen LogP contribution in [-0.2, 0) is 21.4 Å². The van der Waals surface area contributed by atoms with Crippen molar-refractivity contribution >= 4 is 21.6 Å². The summed E-state index contributed by atoms with van der Waals surface area (Å²) in [5.74, 6) is 0.302. The number of anilines is 1. The van der Waals surface area contributed by atoms with Crippen LogP contribution in [0.5, 0.6) is 5.75 Å². The van der Waals surface area contributed by atoms with Crippen LogP contribution in [0.15, 0.2) is 83.8 Å². The predicted octanol–water partition coefficient (Wildman–Crippen LogP) is 3.54. The summed E-state index contributed by atoms with van der Waals surface area (Å²) < 4.78 is 33.7. The molecule has 1 aliphatic rings.